The number of nitro groups is 1. The van der Waals surface area contributed by atoms with Gasteiger partial charge in [0.25, 0.3) is 5.69 Å². The van der Waals surface area contributed by atoms with Crippen molar-refractivity contribution >= 4 is 23.4 Å². The summed E-state index contributed by atoms with van der Waals surface area (Å²) in [5, 5.41) is 13.7. The van der Waals surface area contributed by atoms with Crippen molar-refractivity contribution in [1.29, 1.82) is 0 Å². The molecular formula is C14H11N3O3. The van der Waals surface area contributed by atoms with Crippen LogP contribution in [0.2, 0.25) is 0 Å². The highest BCUT2D eigenvalue weighted by atomic mass is 16.6. The fourth-order valence-corrected chi connectivity index (χ4v) is 1.66. The molecule has 6 nitrogen and oxygen atoms in total. The Morgan fingerprint density at radius 2 is 2.00 bits per heavy atom. The number of carbonyl (C=O) groups excluding carboxylic acids is 1. The van der Waals surface area contributed by atoms with Crippen molar-refractivity contribution < 1.29 is 9.72 Å². The second kappa shape index (κ2) is 6.24. The van der Waals surface area contributed by atoms with Gasteiger partial charge in [0.1, 0.15) is 6.29 Å². The lowest BCUT2D eigenvalue weighted by molar-refractivity contribution is -0.384. The molecule has 2 aromatic rings. The number of benzene rings is 1. The average molecular weight is 269 g/mol. The minimum Gasteiger partial charge on any atom is -0.355 e. The second-order valence-electron chi connectivity index (χ2n) is 3.88. The Kier molecular flexibility index (Phi) is 4.18. The first-order valence-corrected chi connectivity index (χ1v) is 5.78. The van der Waals surface area contributed by atoms with Crippen molar-refractivity contribution in [1.82, 2.24) is 4.98 Å². The second-order valence-corrected chi connectivity index (χ2v) is 3.88. The van der Waals surface area contributed by atoms with Crippen molar-refractivity contribution in [2.75, 3.05) is 5.32 Å². The van der Waals surface area contributed by atoms with E-state index in [9.17, 15) is 14.9 Å². The smallest absolute Gasteiger partial charge is 0.271 e. The van der Waals surface area contributed by atoms with Crippen molar-refractivity contribution in [2.45, 2.75) is 0 Å². The molecule has 0 saturated heterocycles. The fraction of sp³-hybridized carbons (Fsp3) is 0. The van der Waals surface area contributed by atoms with Crippen LogP contribution in [0.5, 0.6) is 0 Å². The monoisotopic (exact) mass is 269 g/mol. The molecular weight excluding hydrogens is 258 g/mol. The zero-order valence-electron chi connectivity index (χ0n) is 10.4. The molecule has 0 unspecified atom stereocenters. The normalized spacial score (nSPS) is 10.9. The zero-order valence-corrected chi connectivity index (χ0v) is 10.4. The number of nitrogens with one attached hydrogen (secondary N) is 1. The fourth-order valence-electron chi connectivity index (χ4n) is 1.66. The van der Waals surface area contributed by atoms with Crippen LogP contribution >= 0.6 is 0 Å². The molecule has 0 aliphatic carbocycles. The van der Waals surface area contributed by atoms with Gasteiger partial charge in [-0.3, -0.25) is 19.9 Å². The molecule has 100 valence electrons. The van der Waals surface area contributed by atoms with E-state index in [-0.39, 0.29) is 5.69 Å². The van der Waals surface area contributed by atoms with Crippen LogP contribution in [0.4, 0.5) is 11.4 Å². The van der Waals surface area contributed by atoms with E-state index >= 15 is 0 Å². The summed E-state index contributed by atoms with van der Waals surface area (Å²) in [6.07, 6.45) is 5.21. The van der Waals surface area contributed by atoms with Gasteiger partial charge < -0.3 is 5.32 Å². The van der Waals surface area contributed by atoms with Crippen LogP contribution in [0, 0.1) is 10.1 Å². The largest absolute Gasteiger partial charge is 0.355 e. The summed E-state index contributed by atoms with van der Waals surface area (Å²) in [5.74, 6) is 0. The Hall–Kier alpha value is -3.02. The lowest BCUT2D eigenvalue weighted by Gasteiger charge is -2.10. The number of anilines is 1. The topological polar surface area (TPSA) is 85.1 Å². The minimum absolute atomic E-state index is 0.0184. The van der Waals surface area contributed by atoms with E-state index in [2.05, 4.69) is 10.3 Å². The average Bonchev–Trinajstić information content (AvgIpc) is 2.48. The lowest BCUT2D eigenvalue weighted by atomic mass is 10.1. The predicted molar refractivity (Wildman–Crippen MR) is 75.0 cm³/mol. The van der Waals surface area contributed by atoms with Crippen molar-refractivity contribution in [3.05, 3.63) is 70.5 Å². The van der Waals surface area contributed by atoms with Crippen molar-refractivity contribution in [3.63, 3.8) is 0 Å². The minimum atomic E-state index is -0.471. The van der Waals surface area contributed by atoms with E-state index in [0.717, 1.165) is 5.56 Å². The highest BCUT2D eigenvalue weighted by Crippen LogP contribution is 2.21. The molecule has 0 aliphatic heterocycles. The van der Waals surface area contributed by atoms with Gasteiger partial charge in [-0.15, -0.1) is 0 Å². The van der Waals surface area contributed by atoms with Gasteiger partial charge in [0, 0.05) is 47.6 Å². The number of rotatable bonds is 5. The third-order valence-electron chi connectivity index (χ3n) is 2.56. The van der Waals surface area contributed by atoms with Crippen LogP contribution < -0.4 is 5.32 Å². The molecule has 0 aliphatic rings. The highest BCUT2D eigenvalue weighted by molar-refractivity contribution is 5.87. The standard InChI is InChI=1S/C14H11N3O3/c18-9-6-14(11-4-7-15-8-5-11)16-12-2-1-3-13(10-12)17(19)20/h1-10,16H/b14-6-. The van der Waals surface area contributed by atoms with E-state index in [1.165, 1.54) is 18.2 Å². The summed E-state index contributed by atoms with van der Waals surface area (Å²) in [6.45, 7) is 0. The first-order valence-electron chi connectivity index (χ1n) is 5.78. The quantitative estimate of drug-likeness (QED) is 0.390. The number of carbonyl (C=O) groups is 1. The Bertz CT molecular complexity index is 654. The lowest BCUT2D eigenvalue weighted by Crippen LogP contribution is -2.00. The Balaban J connectivity index is 2.30. The molecule has 0 fully saturated rings. The summed E-state index contributed by atoms with van der Waals surface area (Å²) in [6, 6.07) is 9.54. The number of pyridine rings is 1. The number of non-ortho nitro benzene ring substituents is 1. The molecule has 1 heterocycles. The van der Waals surface area contributed by atoms with Gasteiger partial charge >= 0.3 is 0 Å². The molecule has 0 radical (unpaired) electrons. The summed E-state index contributed by atoms with van der Waals surface area (Å²) in [4.78, 5) is 24.9. The van der Waals surface area contributed by atoms with Gasteiger partial charge in [-0.05, 0) is 18.2 Å². The SMILES string of the molecule is O=C/C=C(\Nc1cccc([N+](=O)[O-])c1)c1ccncc1. The molecule has 0 bridgehead atoms. The summed E-state index contributed by atoms with van der Waals surface area (Å²) >= 11 is 0. The van der Waals surface area contributed by atoms with Crippen LogP contribution in [0.15, 0.2) is 54.9 Å². The van der Waals surface area contributed by atoms with Crippen molar-refractivity contribution in [3.8, 4) is 0 Å². The maximum Gasteiger partial charge on any atom is 0.271 e. The van der Waals surface area contributed by atoms with Crippen LogP contribution in [-0.4, -0.2) is 16.2 Å². The summed E-state index contributed by atoms with van der Waals surface area (Å²) < 4.78 is 0. The maximum absolute atomic E-state index is 10.7. The van der Waals surface area contributed by atoms with E-state index in [1.807, 2.05) is 0 Å². The maximum atomic E-state index is 10.7. The van der Waals surface area contributed by atoms with Crippen LogP contribution in [0.3, 0.4) is 0 Å². The third-order valence-corrected chi connectivity index (χ3v) is 2.56. The van der Waals surface area contributed by atoms with Gasteiger partial charge in [0.05, 0.1) is 4.92 Å². The summed E-state index contributed by atoms with van der Waals surface area (Å²) in [7, 11) is 0. The van der Waals surface area contributed by atoms with Crippen LogP contribution in [-0.2, 0) is 4.79 Å². The van der Waals surface area contributed by atoms with E-state index in [4.69, 9.17) is 0 Å². The summed E-state index contributed by atoms with van der Waals surface area (Å²) in [5.41, 5.74) is 1.82. The Morgan fingerprint density at radius 1 is 1.25 bits per heavy atom. The number of hydrogen-bond donors (Lipinski definition) is 1. The number of nitro benzene ring substituents is 1. The van der Waals surface area contributed by atoms with Gasteiger partial charge in [0.15, 0.2) is 0 Å². The van der Waals surface area contributed by atoms with E-state index in [1.54, 1.807) is 36.7 Å². The Morgan fingerprint density at radius 3 is 2.65 bits per heavy atom. The molecule has 6 heteroatoms. The number of hydrogen-bond acceptors (Lipinski definition) is 5. The highest BCUT2D eigenvalue weighted by Gasteiger charge is 2.07. The number of aldehydes is 1. The molecule has 0 saturated carbocycles. The first-order chi connectivity index (χ1) is 9.70. The van der Waals surface area contributed by atoms with Crippen LogP contribution in [0.1, 0.15) is 5.56 Å². The van der Waals surface area contributed by atoms with Crippen molar-refractivity contribution in [2.24, 2.45) is 0 Å². The van der Waals surface area contributed by atoms with Gasteiger partial charge in [-0.1, -0.05) is 6.07 Å². The molecule has 2 rings (SSSR count). The first kappa shape index (κ1) is 13.4. The third kappa shape index (κ3) is 3.26. The molecule has 1 aromatic carbocycles. The van der Waals surface area contributed by atoms with Gasteiger partial charge in [0.2, 0.25) is 0 Å². The van der Waals surface area contributed by atoms with E-state index < -0.39 is 4.92 Å². The molecule has 1 aromatic heterocycles. The predicted octanol–water partition coefficient (Wildman–Crippen LogP) is 2.64. The van der Waals surface area contributed by atoms with Gasteiger partial charge in [-0.25, -0.2) is 0 Å². The number of aromatic nitrogens is 1. The molecule has 20 heavy (non-hydrogen) atoms. The zero-order chi connectivity index (χ0) is 14.4. The number of allylic oxidation sites excluding steroid dienone is 1. The molecule has 0 amide bonds. The number of nitrogens with zero attached hydrogens (tertiary/aromatic N) is 2. The molecule has 0 atom stereocenters. The molecule has 1 N–H and O–H groups in total. The van der Waals surface area contributed by atoms with E-state index in [0.29, 0.717) is 17.7 Å². The molecule has 0 spiro atoms. The van der Waals surface area contributed by atoms with Crippen LogP contribution in [0.25, 0.3) is 5.70 Å². The van der Waals surface area contributed by atoms with Gasteiger partial charge in [-0.2, -0.15) is 0 Å². The Labute approximate surface area is 114 Å².